The van der Waals surface area contributed by atoms with E-state index >= 15 is 0 Å². The van der Waals surface area contributed by atoms with E-state index in [1.807, 2.05) is 48.5 Å². The predicted molar refractivity (Wildman–Crippen MR) is 148 cm³/mol. The highest BCUT2D eigenvalue weighted by molar-refractivity contribution is 5.79. The Morgan fingerprint density at radius 3 is 2.44 bits per heavy atom. The summed E-state index contributed by atoms with van der Waals surface area (Å²) in [6.07, 6.45) is 1.30. The lowest BCUT2D eigenvalue weighted by Crippen LogP contribution is -2.45. The first-order valence-electron chi connectivity index (χ1n) is 13.2. The number of aliphatic hydroxyl groups is 1. The minimum Gasteiger partial charge on any atom is -0.497 e. The van der Waals surface area contributed by atoms with Gasteiger partial charge in [-0.3, -0.25) is 9.69 Å². The zero-order chi connectivity index (χ0) is 27.5. The third kappa shape index (κ3) is 5.40. The zero-order valence-corrected chi connectivity index (χ0v) is 22.9. The first-order chi connectivity index (χ1) is 18.9. The Morgan fingerprint density at radius 1 is 0.923 bits per heavy atom. The summed E-state index contributed by atoms with van der Waals surface area (Å²) in [5.41, 5.74) is 5.31. The van der Waals surface area contributed by atoms with Crippen molar-refractivity contribution in [2.75, 3.05) is 41.5 Å². The standard InChI is InChI=1S/C31H36N2O6/c1-36-22-15-21-11-12-33(18-29(35)32-31-23-8-6-5-7-20(23)16-25(31)34)24(30(21)28(17-22)39-4)13-19-9-10-26(37-2)27(14-19)38-3/h5-10,14-15,17,24-25,31,34H,11-13,16,18H2,1-4H3,(H,32,35)/t24?,25-,31+/m0/s1. The molecule has 0 radical (unpaired) electrons. The molecule has 8 nitrogen and oxygen atoms in total. The van der Waals surface area contributed by atoms with E-state index in [4.69, 9.17) is 18.9 Å². The van der Waals surface area contributed by atoms with Crippen LogP contribution in [-0.4, -0.2) is 63.5 Å². The van der Waals surface area contributed by atoms with E-state index in [9.17, 15) is 9.90 Å². The molecule has 0 fully saturated rings. The van der Waals surface area contributed by atoms with Gasteiger partial charge in [-0.15, -0.1) is 0 Å². The van der Waals surface area contributed by atoms with E-state index in [0.29, 0.717) is 30.9 Å². The second-order valence-electron chi connectivity index (χ2n) is 10.0. The third-order valence-electron chi connectivity index (χ3n) is 7.84. The molecule has 1 unspecified atom stereocenters. The molecule has 1 aliphatic carbocycles. The number of carbonyl (C=O) groups is 1. The van der Waals surface area contributed by atoms with Crippen LogP contribution < -0.4 is 24.3 Å². The molecule has 0 spiro atoms. The Labute approximate surface area is 229 Å². The molecule has 2 aliphatic rings. The normalized spacial score (nSPS) is 20.1. The Kier molecular flexibility index (Phi) is 7.95. The van der Waals surface area contributed by atoms with Crippen molar-refractivity contribution < 1.29 is 28.8 Å². The van der Waals surface area contributed by atoms with Crippen molar-refractivity contribution in [3.8, 4) is 23.0 Å². The van der Waals surface area contributed by atoms with Crippen molar-refractivity contribution in [3.05, 3.63) is 82.4 Å². The van der Waals surface area contributed by atoms with Crippen LogP contribution in [0.4, 0.5) is 0 Å². The zero-order valence-electron chi connectivity index (χ0n) is 22.9. The number of hydrogen-bond acceptors (Lipinski definition) is 7. The lowest BCUT2D eigenvalue weighted by Gasteiger charge is -2.38. The highest BCUT2D eigenvalue weighted by Gasteiger charge is 2.35. The predicted octanol–water partition coefficient (Wildman–Crippen LogP) is 3.64. The van der Waals surface area contributed by atoms with Gasteiger partial charge in [0.2, 0.25) is 5.91 Å². The maximum absolute atomic E-state index is 13.4. The molecule has 206 valence electrons. The van der Waals surface area contributed by atoms with Gasteiger partial charge in [-0.1, -0.05) is 30.3 Å². The van der Waals surface area contributed by atoms with Gasteiger partial charge in [0.25, 0.3) is 0 Å². The molecule has 1 aliphatic heterocycles. The number of nitrogens with one attached hydrogen (secondary N) is 1. The number of rotatable bonds is 9. The van der Waals surface area contributed by atoms with E-state index < -0.39 is 12.1 Å². The van der Waals surface area contributed by atoms with Crippen molar-refractivity contribution in [2.45, 2.75) is 37.5 Å². The van der Waals surface area contributed by atoms with E-state index in [2.05, 4.69) is 16.3 Å². The molecule has 39 heavy (non-hydrogen) atoms. The first-order valence-corrected chi connectivity index (χ1v) is 13.2. The fraction of sp³-hybridized carbons (Fsp3) is 0.387. The van der Waals surface area contributed by atoms with Crippen molar-refractivity contribution >= 4 is 5.91 Å². The summed E-state index contributed by atoms with van der Waals surface area (Å²) in [5.74, 6) is 2.68. The molecule has 0 saturated heterocycles. The monoisotopic (exact) mass is 532 g/mol. The number of benzene rings is 3. The summed E-state index contributed by atoms with van der Waals surface area (Å²) in [6, 6.07) is 17.2. The number of amides is 1. The highest BCUT2D eigenvalue weighted by atomic mass is 16.5. The van der Waals surface area contributed by atoms with Crippen LogP contribution in [0.3, 0.4) is 0 Å². The van der Waals surface area contributed by atoms with Gasteiger partial charge >= 0.3 is 0 Å². The Balaban J connectivity index is 1.44. The number of fused-ring (bicyclic) bond motifs is 2. The lowest BCUT2D eigenvalue weighted by atomic mass is 9.87. The number of nitrogens with zero attached hydrogens (tertiary/aromatic N) is 1. The summed E-state index contributed by atoms with van der Waals surface area (Å²) in [6.45, 7) is 0.885. The van der Waals surface area contributed by atoms with Crippen LogP contribution in [0, 0.1) is 0 Å². The topological polar surface area (TPSA) is 89.5 Å². The lowest BCUT2D eigenvalue weighted by molar-refractivity contribution is -0.124. The minimum absolute atomic E-state index is 0.121. The van der Waals surface area contributed by atoms with Gasteiger partial charge in [0.1, 0.15) is 11.5 Å². The largest absolute Gasteiger partial charge is 0.497 e. The van der Waals surface area contributed by atoms with Crippen LogP contribution in [-0.2, 0) is 24.1 Å². The molecule has 3 aromatic carbocycles. The van der Waals surface area contributed by atoms with Gasteiger partial charge in [-0.05, 0) is 53.3 Å². The minimum atomic E-state index is -0.636. The van der Waals surface area contributed by atoms with Gasteiger partial charge in [0.05, 0.1) is 47.1 Å². The smallest absolute Gasteiger partial charge is 0.234 e. The molecule has 3 aromatic rings. The van der Waals surface area contributed by atoms with Crippen molar-refractivity contribution in [3.63, 3.8) is 0 Å². The first kappa shape index (κ1) is 26.8. The number of ether oxygens (including phenoxy) is 4. The number of aliphatic hydroxyl groups excluding tert-OH is 1. The Hall–Kier alpha value is -3.75. The average Bonchev–Trinajstić information content (AvgIpc) is 3.27. The second-order valence-corrected chi connectivity index (χ2v) is 10.0. The van der Waals surface area contributed by atoms with Crippen LogP contribution in [0.1, 0.15) is 39.9 Å². The Bertz CT molecular complexity index is 1330. The van der Waals surface area contributed by atoms with Crippen LogP contribution >= 0.6 is 0 Å². The van der Waals surface area contributed by atoms with Crippen LogP contribution in [0.5, 0.6) is 23.0 Å². The van der Waals surface area contributed by atoms with E-state index in [1.165, 1.54) is 0 Å². The average molecular weight is 533 g/mol. The molecule has 1 amide bonds. The fourth-order valence-corrected chi connectivity index (χ4v) is 5.93. The quantitative estimate of drug-likeness (QED) is 0.435. The molecular formula is C31H36N2O6. The molecular weight excluding hydrogens is 496 g/mol. The number of carbonyl (C=O) groups excluding carboxylic acids is 1. The summed E-state index contributed by atoms with van der Waals surface area (Å²) < 4.78 is 22.3. The molecule has 5 rings (SSSR count). The van der Waals surface area contributed by atoms with Crippen molar-refractivity contribution in [1.82, 2.24) is 10.2 Å². The summed E-state index contributed by atoms with van der Waals surface area (Å²) in [5, 5.41) is 13.8. The SMILES string of the molecule is COc1cc2c(c(OC)c1)C(Cc1ccc(OC)c(OC)c1)N(CC(=O)N[C@@H]1c3ccccc3C[C@@H]1O)CC2. The van der Waals surface area contributed by atoms with E-state index in [0.717, 1.165) is 45.7 Å². The highest BCUT2D eigenvalue weighted by Crippen LogP contribution is 2.42. The third-order valence-corrected chi connectivity index (χ3v) is 7.84. The van der Waals surface area contributed by atoms with Crippen LogP contribution in [0.25, 0.3) is 0 Å². The fourth-order valence-electron chi connectivity index (χ4n) is 5.93. The van der Waals surface area contributed by atoms with Crippen molar-refractivity contribution in [1.29, 1.82) is 0 Å². The molecule has 0 saturated carbocycles. The molecule has 3 atom stereocenters. The molecule has 1 heterocycles. The molecule has 8 heteroatoms. The van der Waals surface area contributed by atoms with Gasteiger partial charge < -0.3 is 29.4 Å². The maximum Gasteiger partial charge on any atom is 0.234 e. The van der Waals surface area contributed by atoms with Gasteiger partial charge in [0, 0.05) is 30.6 Å². The Morgan fingerprint density at radius 2 is 1.69 bits per heavy atom. The van der Waals surface area contributed by atoms with Crippen LogP contribution in [0.2, 0.25) is 0 Å². The molecule has 2 N–H and O–H groups in total. The van der Waals surface area contributed by atoms with Gasteiger partial charge in [-0.2, -0.15) is 0 Å². The number of hydrogen-bond donors (Lipinski definition) is 2. The van der Waals surface area contributed by atoms with Crippen molar-refractivity contribution in [2.24, 2.45) is 0 Å². The maximum atomic E-state index is 13.4. The van der Waals surface area contributed by atoms with Crippen LogP contribution in [0.15, 0.2) is 54.6 Å². The summed E-state index contributed by atoms with van der Waals surface area (Å²) in [4.78, 5) is 15.6. The van der Waals surface area contributed by atoms with E-state index in [1.54, 1.807) is 28.4 Å². The number of methoxy groups -OCH3 is 4. The van der Waals surface area contributed by atoms with Gasteiger partial charge in [-0.25, -0.2) is 0 Å². The van der Waals surface area contributed by atoms with Gasteiger partial charge in [0.15, 0.2) is 11.5 Å². The second kappa shape index (κ2) is 11.6. The van der Waals surface area contributed by atoms with E-state index in [-0.39, 0.29) is 18.5 Å². The molecule has 0 aromatic heterocycles. The summed E-state index contributed by atoms with van der Waals surface area (Å²) in [7, 11) is 6.55. The summed E-state index contributed by atoms with van der Waals surface area (Å²) >= 11 is 0. The molecule has 0 bridgehead atoms.